The second kappa shape index (κ2) is 7.87. The summed E-state index contributed by atoms with van der Waals surface area (Å²) in [6.45, 7) is 0. The van der Waals surface area contributed by atoms with E-state index < -0.39 is 26.4 Å². The van der Waals surface area contributed by atoms with E-state index in [0.29, 0.717) is 0 Å². The van der Waals surface area contributed by atoms with Crippen molar-refractivity contribution >= 4 is 56.5 Å². The lowest BCUT2D eigenvalue weighted by molar-refractivity contribution is 0.431. The fourth-order valence-corrected chi connectivity index (χ4v) is 5.41. The van der Waals surface area contributed by atoms with Crippen molar-refractivity contribution in [3.05, 3.63) is 91.4 Å². The molecule has 0 spiro atoms. The summed E-state index contributed by atoms with van der Waals surface area (Å²) in [6.07, 6.45) is 0. The van der Waals surface area contributed by atoms with Gasteiger partial charge in [0.15, 0.2) is 4.75 Å². The lowest BCUT2D eigenvalue weighted by atomic mass is 9.83. The Morgan fingerprint density at radius 3 is 1.93 bits per heavy atom. The van der Waals surface area contributed by atoms with Crippen LogP contribution < -0.4 is 0 Å². The van der Waals surface area contributed by atoms with Crippen LogP contribution in [0.1, 0.15) is 16.7 Å². The van der Waals surface area contributed by atoms with Crippen LogP contribution in [-0.2, 0) is 14.9 Å². The third-order valence-electron chi connectivity index (χ3n) is 4.43. The highest BCUT2D eigenvalue weighted by Gasteiger charge is 2.51. The minimum atomic E-state index is -5.08. The van der Waals surface area contributed by atoms with E-state index in [2.05, 4.69) is 0 Å². The molecule has 0 bridgehead atoms. The Kier molecular flexibility index (Phi) is 5.98. The Hall–Kier alpha value is -1.67. The van der Waals surface area contributed by atoms with Gasteiger partial charge in [-0.2, -0.15) is 8.42 Å². The van der Waals surface area contributed by atoms with Crippen molar-refractivity contribution < 1.29 is 23.2 Å². The van der Waals surface area contributed by atoms with E-state index in [1.807, 2.05) is 0 Å². The van der Waals surface area contributed by atoms with Gasteiger partial charge in [-0.1, -0.05) is 82.8 Å². The molecule has 29 heavy (non-hydrogen) atoms. The van der Waals surface area contributed by atoms with E-state index in [1.165, 1.54) is 24.3 Å². The van der Waals surface area contributed by atoms with Gasteiger partial charge in [-0.15, -0.1) is 0 Å². The monoisotopic (exact) mass is 492 g/mol. The number of hydrogen-bond acceptors (Lipinski definition) is 4. The Morgan fingerprint density at radius 2 is 1.34 bits per heavy atom. The normalized spacial score (nSPS) is 13.8. The summed E-state index contributed by atoms with van der Waals surface area (Å²) < 4.78 is 34.0. The third-order valence-corrected chi connectivity index (χ3v) is 7.47. The summed E-state index contributed by atoms with van der Waals surface area (Å²) in [6, 6.07) is 12.1. The molecule has 5 nitrogen and oxygen atoms in total. The van der Waals surface area contributed by atoms with Crippen LogP contribution in [0.3, 0.4) is 0 Å². The number of rotatable bonds is 4. The van der Waals surface area contributed by atoms with Gasteiger partial charge in [0.25, 0.3) is 10.1 Å². The predicted octanol–water partition coefficient (Wildman–Crippen LogP) is 5.89. The number of benzene rings is 3. The highest BCUT2D eigenvalue weighted by molar-refractivity contribution is 7.87. The van der Waals surface area contributed by atoms with Crippen molar-refractivity contribution in [2.24, 2.45) is 0 Å². The number of halogens is 4. The molecule has 0 saturated carbocycles. The van der Waals surface area contributed by atoms with Gasteiger partial charge in [-0.25, -0.2) is 0 Å². The summed E-state index contributed by atoms with van der Waals surface area (Å²) in [7, 11) is -5.08. The van der Waals surface area contributed by atoms with Gasteiger partial charge in [0.1, 0.15) is 11.5 Å². The van der Waals surface area contributed by atoms with Crippen LogP contribution in [0.5, 0.6) is 11.5 Å². The van der Waals surface area contributed by atoms with E-state index in [9.17, 15) is 23.2 Å². The summed E-state index contributed by atoms with van der Waals surface area (Å²) in [5.74, 6) is -1.12. The minimum absolute atomic E-state index is 0.0415. The topological polar surface area (TPSA) is 94.8 Å². The molecule has 3 N–H and O–H groups in total. The highest BCUT2D eigenvalue weighted by atomic mass is 35.5. The van der Waals surface area contributed by atoms with Gasteiger partial charge in [-0.05, 0) is 17.7 Å². The second-order valence-electron chi connectivity index (χ2n) is 6.07. The summed E-state index contributed by atoms with van der Waals surface area (Å²) in [5.41, 5.74) is -0.464. The molecule has 0 amide bonds. The molecule has 0 saturated heterocycles. The van der Waals surface area contributed by atoms with Gasteiger partial charge in [0, 0.05) is 17.2 Å². The molecule has 1 atom stereocenters. The predicted molar refractivity (Wildman–Crippen MR) is 114 cm³/mol. The standard InChI is InChI=1S/C19H12Cl4O5S/c20-13-7-6-11(17(22)18(13)23)19(29(26,27)28,10-4-2-1-3-5-10)12-8-14(21)16(25)9-15(12)24/h1-9,24-25H,(H,26,27,28). The number of aromatic hydroxyl groups is 2. The van der Waals surface area contributed by atoms with Crippen molar-refractivity contribution in [1.29, 1.82) is 0 Å². The van der Waals surface area contributed by atoms with Crippen LogP contribution in [0.15, 0.2) is 54.6 Å². The second-order valence-corrected chi connectivity index (χ2v) is 9.20. The van der Waals surface area contributed by atoms with Crippen molar-refractivity contribution in [3.8, 4) is 11.5 Å². The molecule has 0 heterocycles. The summed E-state index contributed by atoms with van der Waals surface area (Å²) in [5, 5.41) is 19.8. The van der Waals surface area contributed by atoms with Gasteiger partial charge in [0.05, 0.1) is 20.1 Å². The lowest BCUT2D eigenvalue weighted by Crippen LogP contribution is -2.38. The van der Waals surface area contributed by atoms with Crippen LogP contribution in [0.4, 0.5) is 0 Å². The number of phenolic OH excluding ortho intramolecular Hbond substituents is 2. The first-order valence-electron chi connectivity index (χ1n) is 7.90. The Morgan fingerprint density at radius 1 is 0.724 bits per heavy atom. The number of phenols is 2. The molecule has 10 heteroatoms. The van der Waals surface area contributed by atoms with Gasteiger partial charge in [0.2, 0.25) is 0 Å². The average molecular weight is 494 g/mol. The Bertz CT molecular complexity index is 1190. The molecule has 0 fully saturated rings. The molecule has 1 unspecified atom stereocenters. The van der Waals surface area contributed by atoms with E-state index in [1.54, 1.807) is 18.2 Å². The molecule has 3 rings (SSSR count). The average Bonchev–Trinajstić information content (AvgIpc) is 2.65. The zero-order valence-corrected chi connectivity index (χ0v) is 18.1. The van der Waals surface area contributed by atoms with E-state index >= 15 is 0 Å². The molecule has 0 aliphatic heterocycles. The fourth-order valence-electron chi connectivity index (χ4n) is 3.19. The largest absolute Gasteiger partial charge is 0.507 e. The molecule has 3 aromatic rings. The van der Waals surface area contributed by atoms with Crippen molar-refractivity contribution in [2.45, 2.75) is 4.75 Å². The van der Waals surface area contributed by atoms with Crippen LogP contribution in [0, 0.1) is 0 Å². The first-order valence-corrected chi connectivity index (χ1v) is 10.9. The van der Waals surface area contributed by atoms with Crippen LogP contribution >= 0.6 is 46.4 Å². The SMILES string of the molecule is O=S(=O)(O)C(c1ccccc1)(c1cc(Cl)c(O)cc1O)c1ccc(Cl)c(Cl)c1Cl. The first kappa shape index (κ1) is 22.0. The van der Waals surface area contributed by atoms with E-state index in [0.717, 1.165) is 12.1 Å². The van der Waals surface area contributed by atoms with Gasteiger partial charge >= 0.3 is 0 Å². The molecule has 152 valence electrons. The third kappa shape index (κ3) is 3.54. The zero-order valence-electron chi connectivity index (χ0n) is 14.3. The Labute approximate surface area is 186 Å². The summed E-state index contributed by atoms with van der Waals surface area (Å²) in [4.78, 5) is 0. The van der Waals surface area contributed by atoms with Crippen molar-refractivity contribution in [1.82, 2.24) is 0 Å². The quantitative estimate of drug-likeness (QED) is 0.239. The van der Waals surface area contributed by atoms with Gasteiger partial charge in [-0.3, -0.25) is 4.55 Å². The van der Waals surface area contributed by atoms with Crippen LogP contribution in [-0.4, -0.2) is 23.2 Å². The first-order chi connectivity index (χ1) is 13.5. The van der Waals surface area contributed by atoms with Crippen LogP contribution in [0.25, 0.3) is 0 Å². The molecule has 0 aliphatic rings. The highest BCUT2D eigenvalue weighted by Crippen LogP contribution is 2.52. The van der Waals surface area contributed by atoms with E-state index in [4.69, 9.17) is 46.4 Å². The van der Waals surface area contributed by atoms with Crippen molar-refractivity contribution in [3.63, 3.8) is 0 Å². The van der Waals surface area contributed by atoms with E-state index in [-0.39, 0.29) is 36.8 Å². The Balaban J connectivity index is 2.62. The summed E-state index contributed by atoms with van der Waals surface area (Å²) >= 11 is 24.5. The molecule has 3 aromatic carbocycles. The molecular formula is C19H12Cl4O5S. The maximum absolute atomic E-state index is 13.0. The maximum Gasteiger partial charge on any atom is 0.283 e. The number of hydrogen-bond donors (Lipinski definition) is 3. The van der Waals surface area contributed by atoms with Gasteiger partial charge < -0.3 is 10.2 Å². The maximum atomic E-state index is 13.0. The zero-order chi connectivity index (χ0) is 21.6. The smallest absolute Gasteiger partial charge is 0.283 e. The fraction of sp³-hybridized carbons (Fsp3) is 0.0526. The van der Waals surface area contributed by atoms with Crippen LogP contribution in [0.2, 0.25) is 20.1 Å². The molecule has 0 radical (unpaired) electrons. The minimum Gasteiger partial charge on any atom is -0.507 e. The molecule has 0 aliphatic carbocycles. The lowest BCUT2D eigenvalue weighted by Gasteiger charge is -2.34. The molecule has 0 aromatic heterocycles. The molecular weight excluding hydrogens is 482 g/mol. The van der Waals surface area contributed by atoms with Crippen molar-refractivity contribution in [2.75, 3.05) is 0 Å².